The Hall–Kier alpha value is -1.66. The average Bonchev–Trinajstić information content (AvgIpc) is 2.54. The van der Waals surface area contributed by atoms with Crippen LogP contribution in [0.2, 0.25) is 0 Å². The Morgan fingerprint density at radius 2 is 1.96 bits per heavy atom. The fourth-order valence-electron chi connectivity index (χ4n) is 2.93. The summed E-state index contributed by atoms with van der Waals surface area (Å²) < 4.78 is 30.8. The van der Waals surface area contributed by atoms with E-state index in [9.17, 15) is 8.42 Å². The van der Waals surface area contributed by atoms with Gasteiger partial charge in [-0.2, -0.15) is 0 Å². The molecule has 0 spiro atoms. The second-order valence-corrected chi connectivity index (χ2v) is 7.96. The molecule has 0 aliphatic carbocycles. The second-order valence-electron chi connectivity index (χ2n) is 5.97. The van der Waals surface area contributed by atoms with Gasteiger partial charge >= 0.3 is 0 Å². The van der Waals surface area contributed by atoms with Gasteiger partial charge in [-0.15, -0.1) is 0 Å². The van der Waals surface area contributed by atoms with Gasteiger partial charge < -0.3 is 4.74 Å². The topological polar surface area (TPSA) is 59.5 Å². The normalized spacial score (nSPS) is 17.5. The SMILES string of the molecule is CCc1cc2ccccc2c(OC2CCN(S(C)(=O)=O)CC2)n1. The Kier molecular flexibility index (Phi) is 4.55. The quantitative estimate of drug-likeness (QED) is 0.862. The van der Waals surface area contributed by atoms with Crippen molar-refractivity contribution in [2.24, 2.45) is 0 Å². The van der Waals surface area contributed by atoms with Crippen LogP contribution in [0.5, 0.6) is 5.88 Å². The Balaban J connectivity index is 1.80. The van der Waals surface area contributed by atoms with Crippen LogP contribution in [0.1, 0.15) is 25.5 Å². The van der Waals surface area contributed by atoms with Crippen LogP contribution in [-0.4, -0.2) is 43.2 Å². The summed E-state index contributed by atoms with van der Waals surface area (Å²) in [6.45, 7) is 3.09. The van der Waals surface area contributed by atoms with Gasteiger partial charge in [0.2, 0.25) is 15.9 Å². The van der Waals surface area contributed by atoms with Crippen LogP contribution in [-0.2, 0) is 16.4 Å². The standard InChI is InChI=1S/C17H22N2O3S/c1-3-14-12-13-6-4-5-7-16(13)17(18-14)22-15-8-10-19(11-9-15)23(2,20)21/h4-7,12,15H,3,8-11H2,1-2H3. The number of hydrogen-bond donors (Lipinski definition) is 0. The number of piperidine rings is 1. The molecule has 2 heterocycles. The predicted octanol–water partition coefficient (Wildman–Crippen LogP) is 2.60. The van der Waals surface area contributed by atoms with Gasteiger partial charge in [-0.05, 0) is 36.8 Å². The zero-order valence-corrected chi connectivity index (χ0v) is 14.3. The molecule has 124 valence electrons. The highest BCUT2D eigenvalue weighted by Crippen LogP contribution is 2.27. The molecular weight excluding hydrogens is 312 g/mol. The first-order valence-electron chi connectivity index (χ1n) is 7.98. The number of rotatable bonds is 4. The van der Waals surface area contributed by atoms with Crippen molar-refractivity contribution in [3.63, 3.8) is 0 Å². The molecule has 6 heteroatoms. The van der Waals surface area contributed by atoms with Gasteiger partial charge in [0, 0.05) is 24.2 Å². The van der Waals surface area contributed by atoms with Crippen molar-refractivity contribution in [1.29, 1.82) is 0 Å². The van der Waals surface area contributed by atoms with Crippen LogP contribution in [0.3, 0.4) is 0 Å². The number of sulfonamides is 1. The smallest absolute Gasteiger partial charge is 0.221 e. The molecule has 1 aromatic carbocycles. The summed E-state index contributed by atoms with van der Waals surface area (Å²) in [6, 6.07) is 10.2. The molecule has 3 rings (SSSR count). The molecular formula is C17H22N2O3S. The molecule has 23 heavy (non-hydrogen) atoms. The van der Waals surface area contributed by atoms with Crippen LogP contribution in [0, 0.1) is 0 Å². The van der Waals surface area contributed by atoms with Crippen molar-refractivity contribution in [3.8, 4) is 5.88 Å². The second kappa shape index (κ2) is 6.45. The molecule has 1 aromatic heterocycles. The number of pyridine rings is 1. The summed E-state index contributed by atoms with van der Waals surface area (Å²) in [7, 11) is -3.11. The van der Waals surface area contributed by atoms with E-state index in [0.717, 1.165) is 22.9 Å². The summed E-state index contributed by atoms with van der Waals surface area (Å²) in [5.74, 6) is 0.665. The minimum absolute atomic E-state index is 0.0102. The molecule has 0 N–H and O–H groups in total. The Labute approximate surface area is 137 Å². The summed E-state index contributed by atoms with van der Waals surface area (Å²) in [4.78, 5) is 4.63. The maximum atomic E-state index is 11.6. The molecule has 0 radical (unpaired) electrons. The molecule has 1 saturated heterocycles. The van der Waals surface area contributed by atoms with Crippen LogP contribution < -0.4 is 4.74 Å². The van der Waals surface area contributed by atoms with Crippen molar-refractivity contribution in [3.05, 3.63) is 36.0 Å². The van der Waals surface area contributed by atoms with Crippen LogP contribution >= 0.6 is 0 Å². The van der Waals surface area contributed by atoms with E-state index in [2.05, 4.69) is 24.0 Å². The van der Waals surface area contributed by atoms with E-state index in [1.54, 1.807) is 0 Å². The van der Waals surface area contributed by atoms with E-state index in [-0.39, 0.29) is 6.10 Å². The fraction of sp³-hybridized carbons (Fsp3) is 0.471. The lowest BCUT2D eigenvalue weighted by atomic mass is 10.1. The number of aromatic nitrogens is 1. The van der Waals surface area contributed by atoms with E-state index < -0.39 is 10.0 Å². The highest BCUT2D eigenvalue weighted by molar-refractivity contribution is 7.88. The minimum atomic E-state index is -3.11. The summed E-state index contributed by atoms with van der Waals surface area (Å²) >= 11 is 0. The first kappa shape index (κ1) is 16.2. The van der Waals surface area contributed by atoms with Gasteiger partial charge in [0.25, 0.3) is 0 Å². The van der Waals surface area contributed by atoms with Crippen LogP contribution in [0.15, 0.2) is 30.3 Å². The molecule has 1 aliphatic heterocycles. The maximum Gasteiger partial charge on any atom is 0.221 e. The molecule has 0 atom stereocenters. The van der Waals surface area contributed by atoms with Crippen LogP contribution in [0.25, 0.3) is 10.8 Å². The lowest BCUT2D eigenvalue weighted by Crippen LogP contribution is -2.41. The van der Waals surface area contributed by atoms with Gasteiger partial charge in [-0.1, -0.05) is 25.1 Å². The van der Waals surface area contributed by atoms with E-state index in [4.69, 9.17) is 4.74 Å². The number of fused-ring (bicyclic) bond motifs is 1. The molecule has 5 nitrogen and oxygen atoms in total. The lowest BCUT2D eigenvalue weighted by Gasteiger charge is -2.30. The maximum absolute atomic E-state index is 11.6. The van der Waals surface area contributed by atoms with E-state index in [1.165, 1.54) is 10.6 Å². The highest BCUT2D eigenvalue weighted by Gasteiger charge is 2.26. The highest BCUT2D eigenvalue weighted by atomic mass is 32.2. The fourth-order valence-corrected chi connectivity index (χ4v) is 3.80. The lowest BCUT2D eigenvalue weighted by molar-refractivity contribution is 0.132. The molecule has 0 amide bonds. The number of hydrogen-bond acceptors (Lipinski definition) is 4. The molecule has 0 unspecified atom stereocenters. The molecule has 2 aromatic rings. The zero-order chi connectivity index (χ0) is 16.4. The van der Waals surface area contributed by atoms with Crippen molar-refractivity contribution < 1.29 is 13.2 Å². The number of benzene rings is 1. The molecule has 1 fully saturated rings. The molecule has 1 aliphatic rings. The largest absolute Gasteiger partial charge is 0.474 e. The van der Waals surface area contributed by atoms with Crippen LogP contribution in [0.4, 0.5) is 0 Å². The van der Waals surface area contributed by atoms with Gasteiger partial charge in [-0.3, -0.25) is 0 Å². The third-order valence-corrected chi connectivity index (χ3v) is 5.57. The third kappa shape index (κ3) is 3.64. The monoisotopic (exact) mass is 334 g/mol. The minimum Gasteiger partial charge on any atom is -0.474 e. The summed E-state index contributed by atoms with van der Waals surface area (Å²) in [5.41, 5.74) is 1.01. The number of ether oxygens (including phenoxy) is 1. The van der Waals surface area contributed by atoms with E-state index >= 15 is 0 Å². The zero-order valence-electron chi connectivity index (χ0n) is 13.5. The van der Waals surface area contributed by atoms with Gasteiger partial charge in [0.15, 0.2) is 0 Å². The molecule has 0 saturated carbocycles. The van der Waals surface area contributed by atoms with E-state index in [0.29, 0.717) is 31.8 Å². The third-order valence-electron chi connectivity index (χ3n) is 4.27. The van der Waals surface area contributed by atoms with Gasteiger partial charge in [-0.25, -0.2) is 17.7 Å². The Bertz CT molecular complexity index is 797. The van der Waals surface area contributed by atoms with Crippen molar-refractivity contribution in [1.82, 2.24) is 9.29 Å². The summed E-state index contributed by atoms with van der Waals surface area (Å²) in [6.07, 6.45) is 3.51. The first-order valence-corrected chi connectivity index (χ1v) is 9.82. The average molecular weight is 334 g/mol. The Morgan fingerprint density at radius 3 is 2.61 bits per heavy atom. The summed E-state index contributed by atoms with van der Waals surface area (Å²) in [5, 5.41) is 2.14. The predicted molar refractivity (Wildman–Crippen MR) is 91.2 cm³/mol. The van der Waals surface area contributed by atoms with E-state index in [1.807, 2.05) is 18.2 Å². The van der Waals surface area contributed by atoms with Crippen molar-refractivity contribution >= 4 is 20.8 Å². The van der Waals surface area contributed by atoms with Crippen molar-refractivity contribution in [2.45, 2.75) is 32.3 Å². The van der Waals surface area contributed by atoms with Crippen molar-refractivity contribution in [2.75, 3.05) is 19.3 Å². The number of aryl methyl sites for hydroxylation is 1. The van der Waals surface area contributed by atoms with Gasteiger partial charge in [0.1, 0.15) is 6.10 Å². The first-order chi connectivity index (χ1) is 11.0. The number of nitrogens with zero attached hydrogens (tertiary/aromatic N) is 2. The molecule has 0 bridgehead atoms. The van der Waals surface area contributed by atoms with Gasteiger partial charge in [0.05, 0.1) is 6.26 Å². The Morgan fingerprint density at radius 1 is 1.26 bits per heavy atom.